The van der Waals surface area contributed by atoms with E-state index in [4.69, 9.17) is 0 Å². The van der Waals surface area contributed by atoms with Crippen molar-refractivity contribution in [3.63, 3.8) is 0 Å². The number of fused-ring (bicyclic) bond motifs is 1. The molecule has 25 heavy (non-hydrogen) atoms. The van der Waals surface area contributed by atoms with Gasteiger partial charge in [-0.05, 0) is 37.1 Å². The first-order chi connectivity index (χ1) is 12.3. The van der Waals surface area contributed by atoms with E-state index >= 15 is 0 Å². The molecule has 1 unspecified atom stereocenters. The van der Waals surface area contributed by atoms with Gasteiger partial charge in [0.05, 0.1) is 17.4 Å². The molecule has 1 N–H and O–H groups in total. The lowest BCUT2D eigenvalue weighted by atomic mass is 10.1. The smallest absolute Gasteiger partial charge is 0.258 e. The molecular formula is C20H18N4O. The van der Waals surface area contributed by atoms with Gasteiger partial charge in [-0.1, -0.05) is 30.3 Å². The summed E-state index contributed by atoms with van der Waals surface area (Å²) in [6, 6.07) is 18.1. The summed E-state index contributed by atoms with van der Waals surface area (Å²) in [5.41, 5.74) is 3.65. The van der Waals surface area contributed by atoms with Gasteiger partial charge >= 0.3 is 0 Å². The summed E-state index contributed by atoms with van der Waals surface area (Å²) in [5.74, 6) is 0.106. The third-order valence-electron chi connectivity index (χ3n) is 4.84. The molecule has 0 bridgehead atoms. The van der Waals surface area contributed by atoms with Gasteiger partial charge in [0.1, 0.15) is 6.17 Å². The Morgan fingerprint density at radius 1 is 1.00 bits per heavy atom. The zero-order valence-corrected chi connectivity index (χ0v) is 13.7. The van der Waals surface area contributed by atoms with E-state index in [1.165, 1.54) is 0 Å². The molecule has 1 aromatic heterocycles. The first-order valence-electron chi connectivity index (χ1n) is 8.59. The summed E-state index contributed by atoms with van der Waals surface area (Å²) in [6.45, 7) is 0. The third kappa shape index (κ3) is 2.39. The van der Waals surface area contributed by atoms with Crippen molar-refractivity contribution in [2.45, 2.75) is 25.0 Å². The van der Waals surface area contributed by atoms with Crippen LogP contribution in [0, 0.1) is 0 Å². The maximum absolute atomic E-state index is 13.0. The lowest BCUT2D eigenvalue weighted by molar-refractivity contribution is 0.0666. The number of carbonyl (C=O) groups is 1. The fourth-order valence-electron chi connectivity index (χ4n) is 3.44. The van der Waals surface area contributed by atoms with E-state index < -0.39 is 0 Å². The lowest BCUT2D eigenvalue weighted by Crippen LogP contribution is -2.44. The Morgan fingerprint density at radius 2 is 1.76 bits per heavy atom. The quantitative estimate of drug-likeness (QED) is 0.798. The van der Waals surface area contributed by atoms with Crippen molar-refractivity contribution in [1.82, 2.24) is 14.7 Å². The molecule has 1 saturated carbocycles. The first-order valence-corrected chi connectivity index (χ1v) is 8.59. The average molecular weight is 330 g/mol. The number of benzene rings is 2. The van der Waals surface area contributed by atoms with Crippen molar-refractivity contribution in [3.8, 4) is 5.69 Å². The Bertz CT molecular complexity index is 930. The highest BCUT2D eigenvalue weighted by atomic mass is 16.2. The molecule has 0 radical (unpaired) electrons. The van der Waals surface area contributed by atoms with Crippen LogP contribution in [0.15, 0.2) is 67.0 Å². The number of amides is 1. The molecule has 2 heterocycles. The van der Waals surface area contributed by atoms with Crippen molar-refractivity contribution in [3.05, 3.63) is 78.1 Å². The maximum Gasteiger partial charge on any atom is 0.258 e. The molecule has 124 valence electrons. The molecular weight excluding hydrogens is 312 g/mol. The molecule has 0 saturated heterocycles. The Kier molecular flexibility index (Phi) is 3.13. The van der Waals surface area contributed by atoms with Crippen molar-refractivity contribution in [1.29, 1.82) is 0 Å². The number of para-hydroxylation sites is 2. The summed E-state index contributed by atoms with van der Waals surface area (Å²) in [5, 5.41) is 8.03. The van der Waals surface area contributed by atoms with Crippen LogP contribution in [0.5, 0.6) is 0 Å². The summed E-state index contributed by atoms with van der Waals surface area (Å²) >= 11 is 0. The number of hydrogen-bond donors (Lipinski definition) is 1. The zero-order valence-electron chi connectivity index (χ0n) is 13.7. The van der Waals surface area contributed by atoms with Crippen LogP contribution in [0.25, 0.3) is 5.69 Å². The lowest BCUT2D eigenvalue weighted by Gasteiger charge is -2.37. The fraction of sp³-hybridized carbons (Fsp3) is 0.200. The first kappa shape index (κ1) is 14.3. The van der Waals surface area contributed by atoms with E-state index in [2.05, 4.69) is 10.4 Å². The van der Waals surface area contributed by atoms with Crippen molar-refractivity contribution >= 4 is 11.6 Å². The number of rotatable bonds is 3. The van der Waals surface area contributed by atoms with Gasteiger partial charge in [-0.3, -0.25) is 4.79 Å². The largest absolute Gasteiger partial charge is 0.361 e. The molecule has 0 spiro atoms. The van der Waals surface area contributed by atoms with Crippen molar-refractivity contribution in [2.24, 2.45) is 0 Å². The summed E-state index contributed by atoms with van der Waals surface area (Å²) < 4.78 is 1.85. The van der Waals surface area contributed by atoms with Crippen LogP contribution in [-0.2, 0) is 0 Å². The SMILES string of the molecule is O=C1c2ccccc2NC(c2cnn(-c3ccccc3)c2)N1C1CC1. The fourth-order valence-corrected chi connectivity index (χ4v) is 3.44. The van der Waals surface area contributed by atoms with Crippen LogP contribution in [-0.4, -0.2) is 26.6 Å². The second-order valence-electron chi connectivity index (χ2n) is 6.59. The highest BCUT2D eigenvalue weighted by Crippen LogP contribution is 2.40. The Labute approximate surface area is 145 Å². The predicted octanol–water partition coefficient (Wildman–Crippen LogP) is 3.60. The number of nitrogens with one attached hydrogen (secondary N) is 1. The van der Waals surface area contributed by atoms with Gasteiger partial charge in [-0.2, -0.15) is 5.10 Å². The van der Waals surface area contributed by atoms with Crippen LogP contribution >= 0.6 is 0 Å². The van der Waals surface area contributed by atoms with Gasteiger partial charge in [0.2, 0.25) is 0 Å². The number of hydrogen-bond acceptors (Lipinski definition) is 3. The zero-order chi connectivity index (χ0) is 16.8. The predicted molar refractivity (Wildman–Crippen MR) is 95.6 cm³/mol. The molecule has 1 atom stereocenters. The van der Waals surface area contributed by atoms with Crippen molar-refractivity contribution < 1.29 is 4.79 Å². The Morgan fingerprint density at radius 3 is 2.56 bits per heavy atom. The van der Waals surface area contributed by atoms with E-state index in [9.17, 15) is 4.79 Å². The molecule has 5 rings (SSSR count). The van der Waals surface area contributed by atoms with E-state index in [0.29, 0.717) is 6.04 Å². The normalized spacial score (nSPS) is 19.4. The van der Waals surface area contributed by atoms with Gasteiger partial charge < -0.3 is 10.2 Å². The molecule has 5 heteroatoms. The second-order valence-corrected chi connectivity index (χ2v) is 6.59. The topological polar surface area (TPSA) is 50.2 Å². The highest BCUT2D eigenvalue weighted by Gasteiger charge is 2.42. The molecule has 1 amide bonds. The minimum absolute atomic E-state index is 0.106. The maximum atomic E-state index is 13.0. The van der Waals surface area contributed by atoms with Gasteiger partial charge in [0.25, 0.3) is 5.91 Å². The minimum atomic E-state index is -0.174. The molecule has 1 aliphatic heterocycles. The van der Waals surface area contributed by atoms with Crippen LogP contribution in [0.3, 0.4) is 0 Å². The minimum Gasteiger partial charge on any atom is -0.361 e. The van der Waals surface area contributed by atoms with Gasteiger partial charge in [0, 0.05) is 23.5 Å². The number of aromatic nitrogens is 2. The van der Waals surface area contributed by atoms with E-state index in [0.717, 1.165) is 35.3 Å². The van der Waals surface area contributed by atoms with E-state index in [1.54, 1.807) is 0 Å². The van der Waals surface area contributed by atoms with Crippen LogP contribution < -0.4 is 5.32 Å². The Balaban J connectivity index is 1.54. The Hall–Kier alpha value is -3.08. The molecule has 3 aromatic rings. The van der Waals surface area contributed by atoms with Crippen LogP contribution in [0.2, 0.25) is 0 Å². The average Bonchev–Trinajstić information content (AvgIpc) is 3.37. The molecule has 1 fully saturated rings. The monoisotopic (exact) mass is 330 g/mol. The van der Waals surface area contributed by atoms with Gasteiger partial charge in [-0.25, -0.2) is 4.68 Å². The summed E-state index contributed by atoms with van der Waals surface area (Å²) in [7, 11) is 0. The summed E-state index contributed by atoms with van der Waals surface area (Å²) in [4.78, 5) is 15.0. The molecule has 2 aliphatic rings. The second kappa shape index (κ2) is 5.48. The molecule has 1 aliphatic carbocycles. The van der Waals surface area contributed by atoms with Gasteiger partial charge in [-0.15, -0.1) is 0 Å². The highest BCUT2D eigenvalue weighted by molar-refractivity contribution is 6.02. The summed E-state index contributed by atoms with van der Waals surface area (Å²) in [6.07, 6.45) is 5.82. The number of nitrogens with zero attached hydrogens (tertiary/aromatic N) is 3. The van der Waals surface area contributed by atoms with E-state index in [-0.39, 0.29) is 12.1 Å². The van der Waals surface area contributed by atoms with Gasteiger partial charge in [0.15, 0.2) is 0 Å². The third-order valence-corrected chi connectivity index (χ3v) is 4.84. The van der Waals surface area contributed by atoms with Crippen LogP contribution in [0.4, 0.5) is 5.69 Å². The number of anilines is 1. The van der Waals surface area contributed by atoms with E-state index in [1.807, 2.05) is 76.6 Å². The number of carbonyl (C=O) groups excluding carboxylic acids is 1. The van der Waals surface area contributed by atoms with Crippen LogP contribution in [0.1, 0.15) is 34.9 Å². The van der Waals surface area contributed by atoms with Crippen molar-refractivity contribution in [2.75, 3.05) is 5.32 Å². The molecule has 5 nitrogen and oxygen atoms in total. The molecule has 2 aromatic carbocycles. The standard InChI is InChI=1S/C20H18N4O/c25-20-17-8-4-5-9-18(17)22-19(24(20)16-10-11-16)14-12-21-23(13-14)15-6-2-1-3-7-15/h1-9,12-13,16,19,22H,10-11H2.